The number of nitrogens with zero attached hydrogens (tertiary/aromatic N) is 1. The van der Waals surface area contributed by atoms with Crippen LogP contribution < -0.4 is 0 Å². The van der Waals surface area contributed by atoms with E-state index in [4.69, 9.17) is 9.47 Å². The summed E-state index contributed by atoms with van der Waals surface area (Å²) in [5, 5.41) is 0. The quantitative estimate of drug-likeness (QED) is 0.522. The van der Waals surface area contributed by atoms with Crippen molar-refractivity contribution in [3.63, 3.8) is 0 Å². The highest BCUT2D eigenvalue weighted by molar-refractivity contribution is 7.99. The summed E-state index contributed by atoms with van der Waals surface area (Å²) in [6.07, 6.45) is -0.608. The van der Waals surface area contributed by atoms with Gasteiger partial charge in [0, 0.05) is 16.7 Å². The molecule has 2 aromatic carbocycles. The number of halogens is 2. The number of benzene rings is 2. The molecule has 31 heavy (non-hydrogen) atoms. The molecule has 2 atom stereocenters. The highest BCUT2D eigenvalue weighted by Crippen LogP contribution is 2.37. The fraction of sp³-hybridized carbons (Fsp3) is 0.458. The fourth-order valence-electron chi connectivity index (χ4n) is 3.77. The van der Waals surface area contributed by atoms with Crippen molar-refractivity contribution in [2.75, 3.05) is 5.75 Å². The average Bonchev–Trinajstić information content (AvgIpc) is 2.88. The lowest BCUT2D eigenvalue weighted by Gasteiger charge is -2.35. The van der Waals surface area contributed by atoms with Crippen LogP contribution in [0.3, 0.4) is 0 Å². The monoisotopic (exact) mass is 449 g/mol. The Bertz CT molecular complexity index is 895. The average molecular weight is 450 g/mol. The van der Waals surface area contributed by atoms with Crippen LogP contribution in [0.4, 0.5) is 13.6 Å². The molecule has 7 heteroatoms. The summed E-state index contributed by atoms with van der Waals surface area (Å²) in [6, 6.07) is 12.9. The van der Waals surface area contributed by atoms with Gasteiger partial charge in [0.15, 0.2) is 0 Å². The Labute approximate surface area is 186 Å². The summed E-state index contributed by atoms with van der Waals surface area (Å²) in [4.78, 5) is 15.7. The number of amides is 1. The van der Waals surface area contributed by atoms with E-state index in [1.165, 1.54) is 12.1 Å². The summed E-state index contributed by atoms with van der Waals surface area (Å²) in [5.41, 5.74) is -1.15. The summed E-state index contributed by atoms with van der Waals surface area (Å²) < 4.78 is 39.6. The van der Waals surface area contributed by atoms with Crippen LogP contribution in [-0.4, -0.2) is 40.2 Å². The van der Waals surface area contributed by atoms with Gasteiger partial charge in [-0.3, -0.25) is 4.90 Å². The first-order valence-electron chi connectivity index (χ1n) is 10.3. The van der Waals surface area contributed by atoms with Crippen LogP contribution in [0.1, 0.15) is 40.2 Å². The maximum absolute atomic E-state index is 13.8. The van der Waals surface area contributed by atoms with E-state index in [0.717, 1.165) is 11.0 Å². The van der Waals surface area contributed by atoms with Gasteiger partial charge in [-0.25, -0.2) is 13.6 Å². The van der Waals surface area contributed by atoms with Crippen molar-refractivity contribution in [2.45, 2.75) is 69.4 Å². The van der Waals surface area contributed by atoms with Gasteiger partial charge in [0.2, 0.25) is 0 Å². The van der Waals surface area contributed by atoms with Gasteiger partial charge in [0.1, 0.15) is 23.0 Å². The molecule has 0 aromatic heterocycles. The van der Waals surface area contributed by atoms with Gasteiger partial charge in [-0.2, -0.15) is 0 Å². The normalized spacial score (nSPS) is 20.7. The third-order valence-corrected chi connectivity index (χ3v) is 6.00. The molecule has 0 unspecified atom stereocenters. The molecule has 1 heterocycles. The van der Waals surface area contributed by atoms with Gasteiger partial charge in [0.25, 0.3) is 0 Å². The lowest BCUT2D eigenvalue weighted by Crippen LogP contribution is -2.51. The standard InChI is InChI=1S/C24H29F2NO3S/c1-23(2,3)30-22(28)27-20(13-16-11-17(25)14-18(26)12-16)21(29-24(27,4)5)15-31-19-9-7-6-8-10-19/h6-12,14,20-21H,13,15H2,1-5H3/t20-,21+/m0/s1. The van der Waals surface area contributed by atoms with Crippen LogP contribution in [-0.2, 0) is 15.9 Å². The Hall–Kier alpha value is -2.12. The highest BCUT2D eigenvalue weighted by atomic mass is 32.2. The van der Waals surface area contributed by atoms with Crippen molar-refractivity contribution in [3.05, 3.63) is 65.7 Å². The zero-order valence-corrected chi connectivity index (χ0v) is 19.3. The van der Waals surface area contributed by atoms with Crippen molar-refractivity contribution in [1.29, 1.82) is 0 Å². The van der Waals surface area contributed by atoms with E-state index in [9.17, 15) is 13.6 Å². The smallest absolute Gasteiger partial charge is 0.412 e. The zero-order valence-electron chi connectivity index (χ0n) is 18.5. The first-order chi connectivity index (χ1) is 14.4. The molecule has 2 aromatic rings. The third-order valence-electron chi connectivity index (χ3n) is 4.90. The summed E-state index contributed by atoms with van der Waals surface area (Å²) in [7, 11) is 0. The molecule has 0 bridgehead atoms. The van der Waals surface area contributed by atoms with Gasteiger partial charge in [-0.05, 0) is 70.9 Å². The lowest BCUT2D eigenvalue weighted by atomic mass is 10.0. The molecule has 1 aliphatic rings. The molecule has 3 rings (SSSR count). The van der Waals surface area contributed by atoms with Crippen molar-refractivity contribution >= 4 is 17.9 Å². The topological polar surface area (TPSA) is 38.8 Å². The molecule has 168 valence electrons. The van der Waals surface area contributed by atoms with Gasteiger partial charge >= 0.3 is 6.09 Å². The number of carbonyl (C=O) groups excluding carboxylic acids is 1. The summed E-state index contributed by atoms with van der Waals surface area (Å²) >= 11 is 1.61. The van der Waals surface area contributed by atoms with Crippen LogP contribution in [0.25, 0.3) is 0 Å². The van der Waals surface area contributed by atoms with Crippen molar-refractivity contribution < 1.29 is 23.0 Å². The SMILES string of the molecule is CC(C)(C)OC(=O)N1[C@@H](Cc2cc(F)cc(F)c2)[C@@H](CSc2ccccc2)OC1(C)C. The second-order valence-electron chi connectivity index (χ2n) is 9.13. The molecule has 1 fully saturated rings. The predicted octanol–water partition coefficient (Wildman–Crippen LogP) is 6.04. The van der Waals surface area contributed by atoms with Crippen molar-refractivity contribution in [1.82, 2.24) is 4.90 Å². The first-order valence-corrected chi connectivity index (χ1v) is 11.3. The Balaban J connectivity index is 1.89. The maximum atomic E-state index is 13.8. The summed E-state index contributed by atoms with van der Waals surface area (Å²) in [6.45, 7) is 9.02. The lowest BCUT2D eigenvalue weighted by molar-refractivity contribution is -0.0749. The molecule has 1 aliphatic heterocycles. The molecule has 1 amide bonds. The third kappa shape index (κ3) is 6.20. The Morgan fingerprint density at radius 2 is 1.74 bits per heavy atom. The van der Waals surface area contributed by atoms with Crippen LogP contribution >= 0.6 is 11.8 Å². The number of hydrogen-bond donors (Lipinski definition) is 0. The van der Waals surface area contributed by atoms with E-state index in [0.29, 0.717) is 11.3 Å². The van der Waals surface area contributed by atoms with Gasteiger partial charge < -0.3 is 9.47 Å². The second kappa shape index (κ2) is 9.17. The number of carbonyl (C=O) groups is 1. The van der Waals surface area contributed by atoms with Gasteiger partial charge in [-0.1, -0.05) is 18.2 Å². The first kappa shape index (κ1) is 23.5. The van der Waals surface area contributed by atoms with Gasteiger partial charge in [0.05, 0.1) is 12.1 Å². The largest absolute Gasteiger partial charge is 0.444 e. The molecule has 0 N–H and O–H groups in total. The fourth-order valence-corrected chi connectivity index (χ4v) is 4.77. The summed E-state index contributed by atoms with van der Waals surface area (Å²) in [5.74, 6) is -0.714. The molecular weight excluding hydrogens is 420 g/mol. The minimum absolute atomic E-state index is 0.247. The number of hydrogen-bond acceptors (Lipinski definition) is 4. The van der Waals surface area contributed by atoms with Crippen LogP contribution in [0, 0.1) is 11.6 Å². The molecule has 0 aliphatic carbocycles. The van der Waals surface area contributed by atoms with Crippen LogP contribution in [0.2, 0.25) is 0 Å². The minimum Gasteiger partial charge on any atom is -0.444 e. The van der Waals surface area contributed by atoms with Crippen LogP contribution in [0.15, 0.2) is 53.4 Å². The molecule has 0 radical (unpaired) electrons. The predicted molar refractivity (Wildman–Crippen MR) is 118 cm³/mol. The second-order valence-corrected chi connectivity index (χ2v) is 10.2. The maximum Gasteiger partial charge on any atom is 0.412 e. The number of rotatable bonds is 5. The Morgan fingerprint density at radius 1 is 1.13 bits per heavy atom. The molecular formula is C24H29F2NO3S. The number of thioether (sulfide) groups is 1. The molecule has 1 saturated heterocycles. The van der Waals surface area contributed by atoms with E-state index in [2.05, 4.69) is 0 Å². The molecule has 4 nitrogen and oxygen atoms in total. The minimum atomic E-state index is -0.930. The highest BCUT2D eigenvalue weighted by Gasteiger charge is 2.51. The van der Waals surface area contributed by atoms with E-state index in [1.807, 2.05) is 44.2 Å². The van der Waals surface area contributed by atoms with Gasteiger partial charge in [-0.15, -0.1) is 11.8 Å². The molecule has 0 saturated carbocycles. The van der Waals surface area contributed by atoms with E-state index in [1.54, 1.807) is 37.4 Å². The Kier molecular flexibility index (Phi) is 6.96. The van der Waals surface area contributed by atoms with Crippen molar-refractivity contribution in [3.8, 4) is 0 Å². The Morgan fingerprint density at radius 3 is 2.32 bits per heavy atom. The molecule has 0 spiro atoms. The van der Waals surface area contributed by atoms with E-state index >= 15 is 0 Å². The zero-order chi connectivity index (χ0) is 22.8. The van der Waals surface area contributed by atoms with Crippen molar-refractivity contribution in [2.24, 2.45) is 0 Å². The van der Waals surface area contributed by atoms with E-state index in [-0.39, 0.29) is 12.5 Å². The van der Waals surface area contributed by atoms with Crippen LogP contribution in [0.5, 0.6) is 0 Å². The van der Waals surface area contributed by atoms with E-state index < -0.39 is 35.1 Å². The number of ether oxygens (including phenoxy) is 2.